The third kappa shape index (κ3) is 4.65. The van der Waals surface area contributed by atoms with Crippen LogP contribution in [-0.4, -0.2) is 51.2 Å². The van der Waals surface area contributed by atoms with Crippen molar-refractivity contribution >= 4 is 12.0 Å². The zero-order chi connectivity index (χ0) is 15.0. The molecule has 0 radical (unpaired) electrons. The van der Waals surface area contributed by atoms with E-state index in [1.807, 2.05) is 6.92 Å². The highest BCUT2D eigenvalue weighted by atomic mass is 16.4. The van der Waals surface area contributed by atoms with Crippen LogP contribution in [0.15, 0.2) is 12.5 Å². The van der Waals surface area contributed by atoms with Crippen molar-refractivity contribution in [3.8, 4) is 12.3 Å². The normalized spacial score (nSPS) is 9.80. The minimum atomic E-state index is -1.07. The van der Waals surface area contributed by atoms with Gasteiger partial charge in [-0.15, -0.1) is 6.42 Å². The van der Waals surface area contributed by atoms with Crippen LogP contribution in [-0.2, 0) is 6.54 Å². The van der Waals surface area contributed by atoms with Crippen molar-refractivity contribution < 1.29 is 14.7 Å². The molecule has 0 saturated carbocycles. The van der Waals surface area contributed by atoms with Crippen molar-refractivity contribution in [2.75, 3.05) is 19.6 Å². The Morgan fingerprint density at radius 1 is 1.60 bits per heavy atom. The molecule has 1 aromatic heterocycles. The van der Waals surface area contributed by atoms with Gasteiger partial charge < -0.3 is 19.9 Å². The average molecular weight is 278 g/mol. The van der Waals surface area contributed by atoms with Gasteiger partial charge in [-0.25, -0.2) is 14.6 Å². The quantitative estimate of drug-likeness (QED) is 0.716. The fourth-order valence-electron chi connectivity index (χ4n) is 1.63. The SMILES string of the molecule is C#CCN(CCC)C(=O)NCCn1cnc(C(=O)O)c1. The maximum atomic E-state index is 11.8. The summed E-state index contributed by atoms with van der Waals surface area (Å²) in [5, 5.41) is 11.5. The monoisotopic (exact) mass is 278 g/mol. The molecule has 1 aromatic rings. The number of imidazole rings is 1. The lowest BCUT2D eigenvalue weighted by Gasteiger charge is -2.19. The number of rotatable bonds is 7. The van der Waals surface area contributed by atoms with E-state index in [1.165, 1.54) is 12.5 Å². The van der Waals surface area contributed by atoms with E-state index in [1.54, 1.807) is 9.47 Å². The number of urea groups is 1. The van der Waals surface area contributed by atoms with Crippen molar-refractivity contribution in [1.82, 2.24) is 19.8 Å². The van der Waals surface area contributed by atoms with Crippen LogP contribution in [0.25, 0.3) is 0 Å². The molecule has 20 heavy (non-hydrogen) atoms. The lowest BCUT2D eigenvalue weighted by atomic mass is 10.4. The van der Waals surface area contributed by atoms with E-state index in [0.717, 1.165) is 6.42 Å². The third-order valence-corrected chi connectivity index (χ3v) is 2.56. The van der Waals surface area contributed by atoms with Gasteiger partial charge in [0.15, 0.2) is 5.69 Å². The number of carbonyl (C=O) groups is 2. The predicted molar refractivity (Wildman–Crippen MR) is 73.3 cm³/mol. The van der Waals surface area contributed by atoms with E-state index in [4.69, 9.17) is 11.5 Å². The second-order valence-electron chi connectivity index (χ2n) is 4.16. The summed E-state index contributed by atoms with van der Waals surface area (Å²) in [5.74, 6) is 1.37. The first kappa shape index (κ1) is 15.6. The van der Waals surface area contributed by atoms with Gasteiger partial charge in [0.05, 0.1) is 12.9 Å². The molecule has 0 aliphatic carbocycles. The van der Waals surface area contributed by atoms with Crippen LogP contribution in [0.1, 0.15) is 23.8 Å². The molecule has 1 heterocycles. The van der Waals surface area contributed by atoms with Crippen molar-refractivity contribution in [1.29, 1.82) is 0 Å². The van der Waals surface area contributed by atoms with Crippen LogP contribution < -0.4 is 5.32 Å². The molecule has 2 amide bonds. The van der Waals surface area contributed by atoms with E-state index in [0.29, 0.717) is 19.6 Å². The predicted octanol–water partition coefficient (Wildman–Crippen LogP) is 0.636. The third-order valence-electron chi connectivity index (χ3n) is 2.56. The fraction of sp³-hybridized carbons (Fsp3) is 0.462. The van der Waals surface area contributed by atoms with E-state index >= 15 is 0 Å². The van der Waals surface area contributed by atoms with Gasteiger partial charge in [-0.2, -0.15) is 0 Å². The average Bonchev–Trinajstić information content (AvgIpc) is 2.87. The highest BCUT2D eigenvalue weighted by Crippen LogP contribution is 1.96. The molecule has 0 aromatic carbocycles. The number of hydrogen-bond acceptors (Lipinski definition) is 3. The van der Waals surface area contributed by atoms with E-state index in [-0.39, 0.29) is 18.3 Å². The topological polar surface area (TPSA) is 87.5 Å². The summed E-state index contributed by atoms with van der Waals surface area (Å²) in [6.45, 7) is 3.66. The summed E-state index contributed by atoms with van der Waals surface area (Å²) in [6, 6.07) is -0.219. The first-order valence-electron chi connectivity index (χ1n) is 6.29. The summed E-state index contributed by atoms with van der Waals surface area (Å²) in [6.07, 6.45) is 8.87. The Morgan fingerprint density at radius 3 is 2.90 bits per heavy atom. The van der Waals surface area contributed by atoms with Crippen molar-refractivity contribution in [3.63, 3.8) is 0 Å². The van der Waals surface area contributed by atoms with Crippen LogP contribution >= 0.6 is 0 Å². The molecule has 0 aliphatic heterocycles. The van der Waals surface area contributed by atoms with Gasteiger partial charge in [0.25, 0.3) is 0 Å². The van der Waals surface area contributed by atoms with Crippen LogP contribution in [0.2, 0.25) is 0 Å². The maximum Gasteiger partial charge on any atom is 0.356 e. The van der Waals surface area contributed by atoms with Crippen LogP contribution in [0.4, 0.5) is 4.79 Å². The number of aromatic nitrogens is 2. The van der Waals surface area contributed by atoms with Gasteiger partial charge in [-0.3, -0.25) is 0 Å². The van der Waals surface area contributed by atoms with Crippen LogP contribution in [0.5, 0.6) is 0 Å². The number of nitrogens with one attached hydrogen (secondary N) is 1. The van der Waals surface area contributed by atoms with Gasteiger partial charge in [0.2, 0.25) is 0 Å². The second-order valence-corrected chi connectivity index (χ2v) is 4.16. The minimum Gasteiger partial charge on any atom is -0.476 e. The largest absolute Gasteiger partial charge is 0.476 e. The molecular formula is C13H18N4O3. The van der Waals surface area contributed by atoms with E-state index < -0.39 is 5.97 Å². The first-order chi connectivity index (χ1) is 9.58. The van der Waals surface area contributed by atoms with Crippen molar-refractivity contribution in [2.45, 2.75) is 19.9 Å². The second kappa shape index (κ2) is 7.84. The summed E-state index contributed by atoms with van der Waals surface area (Å²) in [5.41, 5.74) is -0.0173. The molecular weight excluding hydrogens is 260 g/mol. The number of amides is 2. The van der Waals surface area contributed by atoms with Gasteiger partial charge in [-0.05, 0) is 6.42 Å². The Balaban J connectivity index is 2.40. The Hall–Kier alpha value is -2.49. The molecule has 0 fully saturated rings. The van der Waals surface area contributed by atoms with Gasteiger partial charge in [0.1, 0.15) is 0 Å². The smallest absolute Gasteiger partial charge is 0.356 e. The molecule has 1 rings (SSSR count). The molecule has 7 nitrogen and oxygen atoms in total. The molecule has 7 heteroatoms. The Bertz CT molecular complexity index is 504. The summed E-state index contributed by atoms with van der Waals surface area (Å²) >= 11 is 0. The van der Waals surface area contributed by atoms with Crippen molar-refractivity contribution in [2.24, 2.45) is 0 Å². The summed E-state index contributed by atoms with van der Waals surface area (Å²) in [4.78, 5) is 27.8. The number of aromatic carboxylic acids is 1. The van der Waals surface area contributed by atoms with Crippen molar-refractivity contribution in [3.05, 3.63) is 18.2 Å². The summed E-state index contributed by atoms with van der Waals surface area (Å²) in [7, 11) is 0. The lowest BCUT2D eigenvalue weighted by molar-refractivity contribution is 0.0691. The Kier molecular flexibility index (Phi) is 6.10. The molecule has 0 spiro atoms. The molecule has 0 aliphatic rings. The van der Waals surface area contributed by atoms with E-state index in [2.05, 4.69) is 16.2 Å². The highest BCUT2D eigenvalue weighted by molar-refractivity contribution is 5.84. The number of carboxylic acid groups (broad SMARTS) is 1. The lowest BCUT2D eigenvalue weighted by Crippen LogP contribution is -2.41. The number of hydrogen-bond donors (Lipinski definition) is 2. The maximum absolute atomic E-state index is 11.8. The van der Waals surface area contributed by atoms with Crippen LogP contribution in [0.3, 0.4) is 0 Å². The zero-order valence-electron chi connectivity index (χ0n) is 11.4. The van der Waals surface area contributed by atoms with Gasteiger partial charge >= 0.3 is 12.0 Å². The molecule has 0 atom stereocenters. The minimum absolute atomic E-state index is 0.0173. The Labute approximate surface area is 117 Å². The molecule has 2 N–H and O–H groups in total. The zero-order valence-corrected chi connectivity index (χ0v) is 11.4. The molecule has 108 valence electrons. The Morgan fingerprint density at radius 2 is 2.35 bits per heavy atom. The van der Waals surface area contributed by atoms with Gasteiger partial charge in [-0.1, -0.05) is 12.8 Å². The highest BCUT2D eigenvalue weighted by Gasteiger charge is 2.10. The van der Waals surface area contributed by atoms with Gasteiger partial charge in [0, 0.05) is 25.8 Å². The number of carbonyl (C=O) groups excluding carboxylic acids is 1. The van der Waals surface area contributed by atoms with E-state index in [9.17, 15) is 9.59 Å². The molecule has 0 unspecified atom stereocenters. The first-order valence-corrected chi connectivity index (χ1v) is 6.29. The number of terminal acetylenes is 1. The summed E-state index contributed by atoms with van der Waals surface area (Å²) < 4.78 is 1.61. The number of nitrogens with zero attached hydrogens (tertiary/aromatic N) is 3. The van der Waals surface area contributed by atoms with Crippen LogP contribution in [0, 0.1) is 12.3 Å². The number of carboxylic acids is 1. The standard InChI is InChI=1S/C13H18N4O3/c1-3-6-17(7-4-2)13(20)14-5-8-16-9-11(12(18)19)15-10-16/h1,9-10H,4-8H2,2H3,(H,14,20)(H,18,19). The molecule has 0 bridgehead atoms. The molecule has 0 saturated heterocycles. The fourth-order valence-corrected chi connectivity index (χ4v) is 1.63.